The first kappa shape index (κ1) is 20.7. The van der Waals surface area contributed by atoms with Crippen LogP contribution in [-0.2, 0) is 9.59 Å². The molecule has 1 unspecified atom stereocenters. The van der Waals surface area contributed by atoms with Gasteiger partial charge >= 0.3 is 0 Å². The minimum Gasteiger partial charge on any atom is -0.497 e. The summed E-state index contributed by atoms with van der Waals surface area (Å²) < 4.78 is 5.18. The molecule has 0 aromatic heterocycles. The largest absolute Gasteiger partial charge is 0.497 e. The van der Waals surface area contributed by atoms with E-state index in [-0.39, 0.29) is 24.2 Å². The summed E-state index contributed by atoms with van der Waals surface area (Å²) >= 11 is 0. The highest BCUT2D eigenvalue weighted by atomic mass is 16.5. The van der Waals surface area contributed by atoms with Crippen molar-refractivity contribution in [2.24, 2.45) is 5.92 Å². The van der Waals surface area contributed by atoms with Crippen molar-refractivity contribution in [3.8, 4) is 11.8 Å². The van der Waals surface area contributed by atoms with Crippen LogP contribution in [0.2, 0.25) is 0 Å². The Bertz CT molecular complexity index is 999. The number of nitrogens with zero attached hydrogens (tertiary/aromatic N) is 4. The second kappa shape index (κ2) is 9.09. The number of rotatable bonds is 4. The predicted molar refractivity (Wildman–Crippen MR) is 118 cm³/mol. The molecule has 0 saturated carbocycles. The molecule has 4 rings (SSSR count). The van der Waals surface area contributed by atoms with Gasteiger partial charge in [-0.3, -0.25) is 9.59 Å². The molecule has 0 N–H and O–H groups in total. The van der Waals surface area contributed by atoms with Crippen LogP contribution < -0.4 is 14.5 Å². The summed E-state index contributed by atoms with van der Waals surface area (Å²) in [6, 6.07) is 17.2. The normalized spacial score (nSPS) is 19.2. The number of ether oxygens (including phenoxy) is 1. The highest BCUT2D eigenvalue weighted by molar-refractivity contribution is 6.00. The van der Waals surface area contributed by atoms with E-state index in [0.29, 0.717) is 31.7 Å². The Hall–Kier alpha value is -3.53. The van der Waals surface area contributed by atoms with E-state index in [1.807, 2.05) is 53.4 Å². The van der Waals surface area contributed by atoms with Gasteiger partial charge in [-0.25, -0.2) is 0 Å². The molecule has 1 atom stereocenters. The van der Waals surface area contributed by atoms with Crippen molar-refractivity contribution in [2.75, 3.05) is 49.6 Å². The van der Waals surface area contributed by atoms with Gasteiger partial charge in [-0.05, 0) is 42.8 Å². The van der Waals surface area contributed by atoms with E-state index in [1.165, 1.54) is 0 Å². The maximum absolute atomic E-state index is 13.2. The summed E-state index contributed by atoms with van der Waals surface area (Å²) in [5.41, 5.74) is 2.36. The van der Waals surface area contributed by atoms with Crippen LogP contribution in [0.5, 0.6) is 5.75 Å². The van der Waals surface area contributed by atoms with E-state index >= 15 is 0 Å². The molecule has 0 aliphatic carbocycles. The highest BCUT2D eigenvalue weighted by Gasteiger charge is 2.37. The number of anilines is 2. The van der Waals surface area contributed by atoms with E-state index in [1.54, 1.807) is 12.0 Å². The van der Waals surface area contributed by atoms with E-state index in [9.17, 15) is 14.9 Å². The second-order valence-corrected chi connectivity index (χ2v) is 7.90. The van der Waals surface area contributed by atoms with E-state index in [0.717, 1.165) is 30.1 Å². The lowest BCUT2D eigenvalue weighted by molar-refractivity contribution is -0.135. The first-order chi connectivity index (χ1) is 15.1. The zero-order chi connectivity index (χ0) is 21.8. The van der Waals surface area contributed by atoms with Gasteiger partial charge in [0.15, 0.2) is 0 Å². The number of amides is 2. The molecule has 0 spiro atoms. The van der Waals surface area contributed by atoms with Gasteiger partial charge in [-0.15, -0.1) is 0 Å². The lowest BCUT2D eigenvalue weighted by Gasteiger charge is -2.26. The summed E-state index contributed by atoms with van der Waals surface area (Å²) in [7, 11) is 1.60. The molecule has 2 aliphatic rings. The third kappa shape index (κ3) is 4.33. The van der Waals surface area contributed by atoms with Gasteiger partial charge in [0, 0.05) is 44.8 Å². The number of para-hydroxylation sites is 1. The van der Waals surface area contributed by atoms with E-state index in [4.69, 9.17) is 4.74 Å². The van der Waals surface area contributed by atoms with Crippen LogP contribution in [0.15, 0.2) is 48.5 Å². The van der Waals surface area contributed by atoms with Gasteiger partial charge in [0.05, 0.1) is 24.3 Å². The van der Waals surface area contributed by atoms with Crippen molar-refractivity contribution in [1.82, 2.24) is 4.90 Å². The standard InChI is InChI=1S/C24H26N4O3/c1-31-21-9-7-20(8-10-21)28-17-19(15-23(28)29)24(30)27-12-4-11-26(13-14-27)22-6-3-2-5-18(22)16-25/h2-3,5-10,19H,4,11-15,17H2,1H3. The number of hydrogen-bond donors (Lipinski definition) is 0. The van der Waals surface area contributed by atoms with E-state index in [2.05, 4.69) is 11.0 Å². The molecule has 2 aromatic rings. The van der Waals surface area contributed by atoms with Crippen LogP contribution in [0.4, 0.5) is 11.4 Å². The fourth-order valence-corrected chi connectivity index (χ4v) is 4.37. The molecule has 160 valence electrons. The SMILES string of the molecule is COc1ccc(N2CC(C(=O)N3CCCN(c4ccccc4C#N)CC3)CC2=O)cc1. The Balaban J connectivity index is 1.40. The number of carbonyl (C=O) groups excluding carboxylic acids is 2. The van der Waals surface area contributed by atoms with E-state index < -0.39 is 0 Å². The van der Waals surface area contributed by atoms with Gasteiger partial charge < -0.3 is 19.4 Å². The third-order valence-corrected chi connectivity index (χ3v) is 6.03. The second-order valence-electron chi connectivity index (χ2n) is 7.90. The highest BCUT2D eigenvalue weighted by Crippen LogP contribution is 2.28. The lowest BCUT2D eigenvalue weighted by atomic mass is 10.1. The average molecular weight is 418 g/mol. The Kier molecular flexibility index (Phi) is 6.08. The zero-order valence-corrected chi connectivity index (χ0v) is 17.7. The van der Waals surface area contributed by atoms with Crippen LogP contribution in [-0.4, -0.2) is 56.5 Å². The Morgan fingerprint density at radius 2 is 1.84 bits per heavy atom. The molecule has 0 radical (unpaired) electrons. The van der Waals surface area contributed by atoms with Crippen LogP contribution in [0.25, 0.3) is 0 Å². The smallest absolute Gasteiger partial charge is 0.228 e. The first-order valence-corrected chi connectivity index (χ1v) is 10.6. The summed E-state index contributed by atoms with van der Waals surface area (Å²) in [6.45, 7) is 3.13. The molecule has 2 aromatic carbocycles. The Morgan fingerprint density at radius 1 is 1.06 bits per heavy atom. The average Bonchev–Trinajstić information content (AvgIpc) is 3.04. The van der Waals surface area contributed by atoms with Crippen LogP contribution in [0, 0.1) is 17.2 Å². The molecule has 2 aliphatic heterocycles. The topological polar surface area (TPSA) is 76.9 Å². The lowest BCUT2D eigenvalue weighted by Crippen LogP contribution is -2.40. The summed E-state index contributed by atoms with van der Waals surface area (Å²) in [4.78, 5) is 31.5. The number of methoxy groups -OCH3 is 1. The predicted octanol–water partition coefficient (Wildman–Crippen LogP) is 2.66. The Morgan fingerprint density at radius 3 is 2.58 bits per heavy atom. The van der Waals surface area contributed by atoms with Crippen molar-refractivity contribution in [2.45, 2.75) is 12.8 Å². The Labute approximate surface area is 182 Å². The molecule has 7 heteroatoms. The fourth-order valence-electron chi connectivity index (χ4n) is 4.37. The fraction of sp³-hybridized carbons (Fsp3) is 0.375. The van der Waals surface area contributed by atoms with Crippen molar-refractivity contribution < 1.29 is 14.3 Å². The molecule has 31 heavy (non-hydrogen) atoms. The van der Waals surface area contributed by atoms with Crippen molar-refractivity contribution >= 4 is 23.2 Å². The van der Waals surface area contributed by atoms with Crippen LogP contribution in [0.3, 0.4) is 0 Å². The van der Waals surface area contributed by atoms with Gasteiger partial charge in [0.25, 0.3) is 0 Å². The summed E-state index contributed by atoms with van der Waals surface area (Å²) in [6.07, 6.45) is 1.07. The molecule has 2 amide bonds. The van der Waals surface area contributed by atoms with Gasteiger partial charge in [0.1, 0.15) is 11.8 Å². The van der Waals surface area contributed by atoms with Crippen molar-refractivity contribution in [3.63, 3.8) is 0 Å². The van der Waals surface area contributed by atoms with Gasteiger partial charge in [-0.2, -0.15) is 5.26 Å². The maximum atomic E-state index is 13.2. The minimum absolute atomic E-state index is 0.0251. The number of benzene rings is 2. The van der Waals surface area contributed by atoms with Gasteiger partial charge in [-0.1, -0.05) is 12.1 Å². The van der Waals surface area contributed by atoms with Crippen molar-refractivity contribution in [3.05, 3.63) is 54.1 Å². The number of nitriles is 1. The number of carbonyl (C=O) groups is 2. The third-order valence-electron chi connectivity index (χ3n) is 6.03. The van der Waals surface area contributed by atoms with Crippen LogP contribution >= 0.6 is 0 Å². The molecule has 2 heterocycles. The maximum Gasteiger partial charge on any atom is 0.228 e. The molecule has 0 bridgehead atoms. The molecule has 7 nitrogen and oxygen atoms in total. The van der Waals surface area contributed by atoms with Crippen LogP contribution in [0.1, 0.15) is 18.4 Å². The summed E-state index contributed by atoms with van der Waals surface area (Å²) in [5.74, 6) is 0.422. The zero-order valence-electron chi connectivity index (χ0n) is 17.7. The minimum atomic E-state index is -0.326. The number of hydrogen-bond acceptors (Lipinski definition) is 5. The quantitative estimate of drug-likeness (QED) is 0.763. The molecular weight excluding hydrogens is 392 g/mol. The summed E-state index contributed by atoms with van der Waals surface area (Å²) in [5, 5.41) is 9.39. The van der Waals surface area contributed by atoms with Crippen molar-refractivity contribution in [1.29, 1.82) is 5.26 Å². The van der Waals surface area contributed by atoms with Gasteiger partial charge in [0.2, 0.25) is 11.8 Å². The molecule has 2 fully saturated rings. The first-order valence-electron chi connectivity index (χ1n) is 10.6. The molecular formula is C24H26N4O3. The monoisotopic (exact) mass is 418 g/mol. The molecule has 2 saturated heterocycles.